The Bertz CT molecular complexity index is 577. The quantitative estimate of drug-likeness (QED) is 0.796. The number of ether oxygens (including phenoxy) is 1. The van der Waals surface area contributed by atoms with E-state index in [2.05, 4.69) is 5.32 Å². The molecule has 0 spiro atoms. The minimum absolute atomic E-state index is 0. The summed E-state index contributed by atoms with van der Waals surface area (Å²) in [5, 5.41) is 18.6. The van der Waals surface area contributed by atoms with Crippen molar-refractivity contribution < 1.29 is 25.6 Å². The monoisotopic (exact) mass is 339 g/mol. The van der Waals surface area contributed by atoms with Crippen molar-refractivity contribution in [1.82, 2.24) is 5.32 Å². The molecule has 0 heterocycles. The summed E-state index contributed by atoms with van der Waals surface area (Å²) in [6.07, 6.45) is 0. The summed E-state index contributed by atoms with van der Waals surface area (Å²) in [6, 6.07) is 13.8. The number of aromatic hydroxyl groups is 1. The molecule has 0 saturated heterocycles. The van der Waals surface area contributed by atoms with Gasteiger partial charge in [-0.15, -0.1) is 0 Å². The maximum Gasteiger partial charge on any atom is 0.251 e. The van der Waals surface area contributed by atoms with Gasteiger partial charge in [-0.05, 0) is 42.0 Å². The van der Waals surface area contributed by atoms with Gasteiger partial charge in [0.05, 0.1) is 0 Å². The molecule has 1 amide bonds. The van der Waals surface area contributed by atoms with E-state index in [1.807, 2.05) is 26.0 Å². The minimum atomic E-state index is -1.25. The van der Waals surface area contributed by atoms with Gasteiger partial charge < -0.3 is 20.3 Å². The van der Waals surface area contributed by atoms with E-state index in [4.69, 9.17) is 14.9 Å². The van der Waals surface area contributed by atoms with Crippen LogP contribution in [-0.4, -0.2) is 30.0 Å². The molecule has 2 aromatic rings. The molecule has 0 aliphatic heterocycles. The van der Waals surface area contributed by atoms with Gasteiger partial charge in [-0.3, -0.25) is 4.79 Å². The predicted octanol–water partition coefficient (Wildman–Crippen LogP) is 3.51. The van der Waals surface area contributed by atoms with Crippen LogP contribution in [0.15, 0.2) is 48.5 Å². The van der Waals surface area contributed by atoms with Crippen molar-refractivity contribution in [2.24, 2.45) is 0 Å². The van der Waals surface area contributed by atoms with Crippen LogP contribution in [0, 0.1) is 0 Å². The van der Waals surface area contributed by atoms with Crippen molar-refractivity contribution in [3.63, 3.8) is 0 Å². The van der Waals surface area contributed by atoms with E-state index in [1.165, 1.54) is 0 Å². The maximum absolute atomic E-state index is 11.4. The average molecular weight is 339 g/mol. The van der Waals surface area contributed by atoms with E-state index in [1.54, 1.807) is 43.4 Å². The van der Waals surface area contributed by atoms with Crippen LogP contribution in [0.25, 0.3) is 0 Å². The second-order valence-corrected chi connectivity index (χ2v) is 4.18. The first-order chi connectivity index (χ1) is 11.6. The van der Waals surface area contributed by atoms with Crippen molar-refractivity contribution in [1.29, 1.82) is 0 Å². The molecule has 5 nitrogen and oxygen atoms in total. The number of aliphatic hydroxyl groups is 1. The smallest absolute Gasteiger partial charge is 0.251 e. The van der Waals surface area contributed by atoms with Gasteiger partial charge in [0.25, 0.3) is 5.91 Å². The zero-order valence-corrected chi connectivity index (χ0v) is 14.1. The number of hydrogen-bond donors (Lipinski definition) is 3. The molecular weight excluding hydrogens is 313 g/mol. The number of hydrogen-bond acceptors (Lipinski definition) is 4. The highest BCUT2D eigenvalue weighted by molar-refractivity contribution is 5.93. The standard InChI is InChI=1S/C15H15NO3.C2H6.CH3FO.H2/c1-16-15(18)12-4-2-11(3-5-12)10-19-14-8-6-13(17)7-9-14;1-2;2-1-3;/h2-9,17H,10H2,1H3,(H,16,18);1-2H3;3H,1H2;1H. The molecule has 0 saturated carbocycles. The van der Waals surface area contributed by atoms with Crippen molar-refractivity contribution in [2.75, 3.05) is 13.9 Å². The first-order valence-corrected chi connectivity index (χ1v) is 7.50. The Labute approximate surface area is 143 Å². The second-order valence-electron chi connectivity index (χ2n) is 4.18. The molecule has 0 aliphatic rings. The number of phenols is 1. The molecule has 0 fully saturated rings. The van der Waals surface area contributed by atoms with Crippen molar-refractivity contribution in [3.05, 3.63) is 59.7 Å². The summed E-state index contributed by atoms with van der Waals surface area (Å²) < 4.78 is 15.4. The summed E-state index contributed by atoms with van der Waals surface area (Å²) in [5.74, 6) is 0.793. The van der Waals surface area contributed by atoms with Crippen LogP contribution in [0.5, 0.6) is 11.5 Å². The van der Waals surface area contributed by atoms with Crippen molar-refractivity contribution in [3.8, 4) is 11.5 Å². The zero-order valence-electron chi connectivity index (χ0n) is 14.1. The highest BCUT2D eigenvalue weighted by Gasteiger charge is 2.02. The molecule has 24 heavy (non-hydrogen) atoms. The Hall–Kier alpha value is -2.60. The summed E-state index contributed by atoms with van der Waals surface area (Å²) >= 11 is 0. The van der Waals surface area contributed by atoms with Gasteiger partial charge in [0, 0.05) is 14.0 Å². The number of rotatable bonds is 4. The summed E-state index contributed by atoms with van der Waals surface area (Å²) in [6.45, 7) is 3.17. The lowest BCUT2D eigenvalue weighted by Crippen LogP contribution is -2.17. The molecule has 6 heteroatoms. The largest absolute Gasteiger partial charge is 0.508 e. The SMILES string of the molecule is CC.CNC(=O)c1ccc(COc2ccc(O)cc2)cc1.OCF.[HH]. The summed E-state index contributed by atoms with van der Waals surface area (Å²) in [5.41, 5.74) is 1.59. The number of halogens is 1. The highest BCUT2D eigenvalue weighted by Crippen LogP contribution is 2.17. The van der Waals surface area contributed by atoms with Gasteiger partial charge in [-0.25, -0.2) is 4.39 Å². The number of aliphatic hydroxyl groups excluding tert-OH is 1. The van der Waals surface area contributed by atoms with Gasteiger partial charge in [0.2, 0.25) is 0 Å². The fourth-order valence-electron chi connectivity index (χ4n) is 1.61. The summed E-state index contributed by atoms with van der Waals surface area (Å²) in [7, 11) is 1.60. The van der Waals surface area contributed by atoms with E-state index in [0.717, 1.165) is 5.56 Å². The van der Waals surface area contributed by atoms with Crippen molar-refractivity contribution in [2.45, 2.75) is 20.5 Å². The Morgan fingerprint density at radius 1 is 1.12 bits per heavy atom. The summed E-state index contributed by atoms with van der Waals surface area (Å²) in [4.78, 5) is 11.4. The number of amides is 1. The molecule has 0 radical (unpaired) electrons. The molecule has 0 bridgehead atoms. The lowest BCUT2D eigenvalue weighted by molar-refractivity contribution is 0.0963. The van der Waals surface area contributed by atoms with Crippen LogP contribution in [0.1, 0.15) is 31.2 Å². The van der Waals surface area contributed by atoms with E-state index in [0.29, 0.717) is 17.9 Å². The van der Waals surface area contributed by atoms with Crippen LogP contribution in [0.3, 0.4) is 0 Å². The first kappa shape index (κ1) is 21.4. The second kappa shape index (κ2) is 12.9. The highest BCUT2D eigenvalue weighted by atomic mass is 19.1. The molecular formula is C18H26FNO4. The van der Waals surface area contributed by atoms with E-state index in [-0.39, 0.29) is 13.1 Å². The maximum atomic E-state index is 11.4. The molecule has 134 valence electrons. The van der Waals surface area contributed by atoms with Gasteiger partial charge in [-0.2, -0.15) is 0 Å². The third kappa shape index (κ3) is 8.14. The Morgan fingerprint density at radius 2 is 1.62 bits per heavy atom. The number of carbonyl (C=O) groups excluding carboxylic acids is 1. The zero-order chi connectivity index (χ0) is 18.4. The third-order valence-electron chi connectivity index (χ3n) is 2.69. The van der Waals surface area contributed by atoms with Crippen LogP contribution in [0.4, 0.5) is 4.39 Å². The minimum Gasteiger partial charge on any atom is -0.508 e. The fourth-order valence-corrected chi connectivity index (χ4v) is 1.61. The van der Waals surface area contributed by atoms with Crippen LogP contribution >= 0.6 is 0 Å². The Morgan fingerprint density at radius 3 is 2.08 bits per heavy atom. The van der Waals surface area contributed by atoms with Gasteiger partial charge in [0.1, 0.15) is 18.1 Å². The number of carbonyl (C=O) groups is 1. The fraction of sp³-hybridized carbons (Fsp3) is 0.278. The Balaban J connectivity index is 0. The Kier molecular flexibility index (Phi) is 11.5. The topological polar surface area (TPSA) is 78.8 Å². The number of alkyl halides is 1. The predicted molar refractivity (Wildman–Crippen MR) is 93.9 cm³/mol. The third-order valence-corrected chi connectivity index (χ3v) is 2.69. The van der Waals surface area contributed by atoms with Crippen LogP contribution in [-0.2, 0) is 6.61 Å². The molecule has 0 aromatic heterocycles. The van der Waals surface area contributed by atoms with E-state index >= 15 is 0 Å². The number of nitrogens with one attached hydrogen (secondary N) is 1. The molecule has 0 atom stereocenters. The molecule has 0 aliphatic carbocycles. The lowest BCUT2D eigenvalue weighted by atomic mass is 10.1. The van der Waals surface area contributed by atoms with Gasteiger partial charge in [-0.1, -0.05) is 26.0 Å². The average Bonchev–Trinajstić information content (AvgIpc) is 2.63. The molecule has 0 unspecified atom stereocenters. The van der Waals surface area contributed by atoms with E-state index in [9.17, 15) is 9.18 Å². The molecule has 2 aromatic carbocycles. The number of benzene rings is 2. The number of phenolic OH excluding ortho intramolecular Hbond substituents is 1. The normalized spacial score (nSPS) is 8.88. The van der Waals surface area contributed by atoms with Gasteiger partial charge >= 0.3 is 0 Å². The van der Waals surface area contributed by atoms with E-state index < -0.39 is 6.86 Å². The van der Waals surface area contributed by atoms with Crippen molar-refractivity contribution >= 4 is 5.91 Å². The molecule has 3 N–H and O–H groups in total. The van der Waals surface area contributed by atoms with Crippen LogP contribution < -0.4 is 10.1 Å². The lowest BCUT2D eigenvalue weighted by Gasteiger charge is -2.07. The first-order valence-electron chi connectivity index (χ1n) is 7.50. The van der Waals surface area contributed by atoms with Gasteiger partial charge in [0.15, 0.2) is 6.86 Å². The van der Waals surface area contributed by atoms with Crippen LogP contribution in [0.2, 0.25) is 0 Å². The molecule has 2 rings (SSSR count).